The second-order valence-electron chi connectivity index (χ2n) is 8.36. The molecule has 0 spiro atoms. The number of carboxylic acid groups (broad SMARTS) is 1. The zero-order valence-electron chi connectivity index (χ0n) is 18.1. The number of alkyl carbamates (subject to hydrolysis) is 1. The quantitative estimate of drug-likeness (QED) is 0.689. The van der Waals surface area contributed by atoms with Crippen LogP contribution in [0, 0.1) is 0 Å². The van der Waals surface area contributed by atoms with E-state index in [4.69, 9.17) is 9.84 Å². The number of fused-ring (bicyclic) bond motifs is 3. The number of hydrogen-bond donors (Lipinski definition) is 2. The van der Waals surface area contributed by atoms with Crippen LogP contribution in [0.25, 0.3) is 11.1 Å². The summed E-state index contributed by atoms with van der Waals surface area (Å²) < 4.78 is 5.56. The molecule has 1 fully saturated rings. The van der Waals surface area contributed by atoms with Crippen molar-refractivity contribution >= 4 is 18.0 Å². The highest BCUT2D eigenvalue weighted by Crippen LogP contribution is 2.44. The SMILES string of the molecule is CC[C@@H](NC(=O)OCC1c2ccccc2-c2ccccc21)C(=O)N1CCCC1CC(=O)O. The van der Waals surface area contributed by atoms with Gasteiger partial charge in [-0.15, -0.1) is 0 Å². The first-order chi connectivity index (χ1) is 15.5. The minimum atomic E-state index is -0.924. The van der Waals surface area contributed by atoms with Crippen LogP contribution in [-0.2, 0) is 14.3 Å². The molecule has 1 aliphatic heterocycles. The van der Waals surface area contributed by atoms with Crippen LogP contribution in [0.3, 0.4) is 0 Å². The number of amides is 2. The van der Waals surface area contributed by atoms with Gasteiger partial charge in [0.15, 0.2) is 0 Å². The van der Waals surface area contributed by atoms with Crippen LogP contribution in [0.1, 0.15) is 49.7 Å². The van der Waals surface area contributed by atoms with Crippen LogP contribution >= 0.6 is 0 Å². The van der Waals surface area contributed by atoms with Crippen LogP contribution in [0.4, 0.5) is 4.79 Å². The van der Waals surface area contributed by atoms with Crippen molar-refractivity contribution in [2.45, 2.75) is 50.6 Å². The molecule has 7 heteroatoms. The van der Waals surface area contributed by atoms with Gasteiger partial charge in [-0.05, 0) is 41.5 Å². The normalized spacial score (nSPS) is 18.0. The van der Waals surface area contributed by atoms with Crippen molar-refractivity contribution < 1.29 is 24.2 Å². The lowest BCUT2D eigenvalue weighted by molar-refractivity contribution is -0.140. The lowest BCUT2D eigenvalue weighted by Gasteiger charge is -2.28. The van der Waals surface area contributed by atoms with Crippen molar-refractivity contribution in [3.8, 4) is 11.1 Å². The molecular weight excluding hydrogens is 408 g/mol. The second-order valence-corrected chi connectivity index (χ2v) is 8.36. The van der Waals surface area contributed by atoms with Gasteiger partial charge in [0.1, 0.15) is 12.6 Å². The summed E-state index contributed by atoms with van der Waals surface area (Å²) in [5.41, 5.74) is 4.55. The highest BCUT2D eigenvalue weighted by molar-refractivity contribution is 5.86. The largest absolute Gasteiger partial charge is 0.481 e. The van der Waals surface area contributed by atoms with Gasteiger partial charge in [0.25, 0.3) is 0 Å². The number of nitrogens with one attached hydrogen (secondary N) is 1. The predicted molar refractivity (Wildman–Crippen MR) is 119 cm³/mol. The summed E-state index contributed by atoms with van der Waals surface area (Å²) in [6.07, 6.45) is 1.12. The molecule has 1 aliphatic carbocycles. The Hall–Kier alpha value is -3.35. The summed E-state index contributed by atoms with van der Waals surface area (Å²) in [5.74, 6) is -1.22. The minimum Gasteiger partial charge on any atom is -0.481 e. The van der Waals surface area contributed by atoms with E-state index in [1.165, 1.54) is 0 Å². The maximum absolute atomic E-state index is 13.0. The molecule has 2 amide bonds. The van der Waals surface area contributed by atoms with E-state index >= 15 is 0 Å². The Labute approximate surface area is 187 Å². The van der Waals surface area contributed by atoms with Crippen molar-refractivity contribution in [3.63, 3.8) is 0 Å². The fourth-order valence-corrected chi connectivity index (χ4v) is 4.86. The molecule has 4 rings (SSSR count). The molecule has 168 valence electrons. The summed E-state index contributed by atoms with van der Waals surface area (Å²) in [4.78, 5) is 38.2. The molecule has 2 N–H and O–H groups in total. The second kappa shape index (κ2) is 9.42. The first-order valence-corrected chi connectivity index (χ1v) is 11.1. The summed E-state index contributed by atoms with van der Waals surface area (Å²) in [6, 6.07) is 15.1. The fourth-order valence-electron chi connectivity index (χ4n) is 4.86. The van der Waals surface area contributed by atoms with E-state index in [2.05, 4.69) is 29.6 Å². The van der Waals surface area contributed by atoms with E-state index in [9.17, 15) is 14.4 Å². The van der Waals surface area contributed by atoms with Crippen molar-refractivity contribution in [1.82, 2.24) is 10.2 Å². The fraction of sp³-hybridized carbons (Fsp3) is 0.400. The van der Waals surface area contributed by atoms with Gasteiger partial charge in [-0.25, -0.2) is 4.79 Å². The summed E-state index contributed by atoms with van der Waals surface area (Å²) in [5, 5.41) is 11.8. The Balaban J connectivity index is 1.39. The van der Waals surface area contributed by atoms with Crippen LogP contribution in [0.5, 0.6) is 0 Å². The van der Waals surface area contributed by atoms with Gasteiger partial charge in [0.2, 0.25) is 5.91 Å². The summed E-state index contributed by atoms with van der Waals surface area (Å²) in [6.45, 7) is 2.50. The summed E-state index contributed by atoms with van der Waals surface area (Å²) >= 11 is 0. The molecule has 2 aromatic rings. The van der Waals surface area contributed by atoms with E-state index in [0.717, 1.165) is 28.7 Å². The number of benzene rings is 2. The zero-order chi connectivity index (χ0) is 22.7. The molecule has 0 radical (unpaired) electrons. The van der Waals surface area contributed by atoms with Gasteiger partial charge in [-0.1, -0.05) is 55.5 Å². The third kappa shape index (κ3) is 4.33. The Bertz CT molecular complexity index is 975. The first kappa shape index (κ1) is 21.9. The number of rotatable bonds is 7. The minimum absolute atomic E-state index is 0.0533. The maximum atomic E-state index is 13.0. The molecule has 0 aromatic heterocycles. The molecule has 2 aromatic carbocycles. The van der Waals surface area contributed by atoms with Gasteiger partial charge in [0.05, 0.1) is 6.42 Å². The van der Waals surface area contributed by atoms with Crippen molar-refractivity contribution in [3.05, 3.63) is 59.7 Å². The molecule has 1 unspecified atom stereocenters. The topological polar surface area (TPSA) is 95.9 Å². The Morgan fingerprint density at radius 3 is 2.31 bits per heavy atom. The lowest BCUT2D eigenvalue weighted by Crippen LogP contribution is -2.50. The summed E-state index contributed by atoms with van der Waals surface area (Å²) in [7, 11) is 0. The standard InChI is InChI=1S/C25H28N2O5/c1-2-22(24(30)27-13-7-8-16(27)14-23(28)29)26-25(31)32-15-21-19-11-5-3-9-17(19)18-10-4-6-12-20(18)21/h3-6,9-12,16,21-22H,2,7-8,13-15H2,1H3,(H,26,31)(H,28,29)/t16?,22-/m1/s1. The molecule has 0 saturated carbocycles. The number of nitrogens with zero attached hydrogens (tertiary/aromatic N) is 1. The molecule has 1 saturated heterocycles. The van der Waals surface area contributed by atoms with Gasteiger partial charge in [0, 0.05) is 18.5 Å². The van der Waals surface area contributed by atoms with Crippen molar-refractivity contribution in [2.75, 3.05) is 13.2 Å². The van der Waals surface area contributed by atoms with E-state index in [1.807, 2.05) is 31.2 Å². The van der Waals surface area contributed by atoms with Crippen LogP contribution in [-0.4, -0.2) is 53.2 Å². The molecule has 1 heterocycles. The van der Waals surface area contributed by atoms with E-state index in [0.29, 0.717) is 19.4 Å². The number of likely N-dealkylation sites (tertiary alicyclic amines) is 1. The molecule has 2 atom stereocenters. The monoisotopic (exact) mass is 436 g/mol. The van der Waals surface area contributed by atoms with Crippen molar-refractivity contribution in [1.29, 1.82) is 0 Å². The van der Waals surface area contributed by atoms with Gasteiger partial charge >= 0.3 is 12.1 Å². The van der Waals surface area contributed by atoms with E-state index in [1.54, 1.807) is 4.90 Å². The van der Waals surface area contributed by atoms with Crippen molar-refractivity contribution in [2.24, 2.45) is 0 Å². The first-order valence-electron chi connectivity index (χ1n) is 11.1. The van der Waals surface area contributed by atoms with Gasteiger partial charge < -0.3 is 20.1 Å². The van der Waals surface area contributed by atoms with Gasteiger partial charge in [-0.3, -0.25) is 9.59 Å². The van der Waals surface area contributed by atoms with Crippen LogP contribution < -0.4 is 5.32 Å². The molecule has 0 bridgehead atoms. The van der Waals surface area contributed by atoms with Gasteiger partial charge in [-0.2, -0.15) is 0 Å². The van der Waals surface area contributed by atoms with E-state index < -0.39 is 18.1 Å². The Kier molecular flexibility index (Phi) is 6.44. The third-order valence-electron chi connectivity index (χ3n) is 6.41. The predicted octanol–water partition coefficient (Wildman–Crippen LogP) is 3.77. The molecule has 2 aliphatic rings. The third-order valence-corrected chi connectivity index (χ3v) is 6.41. The maximum Gasteiger partial charge on any atom is 0.407 e. The van der Waals surface area contributed by atoms with Crippen LogP contribution in [0.15, 0.2) is 48.5 Å². The molecular formula is C25H28N2O5. The number of carbonyl (C=O) groups is 3. The molecule has 32 heavy (non-hydrogen) atoms. The highest BCUT2D eigenvalue weighted by atomic mass is 16.5. The number of carbonyl (C=O) groups excluding carboxylic acids is 2. The number of hydrogen-bond acceptors (Lipinski definition) is 4. The zero-order valence-corrected chi connectivity index (χ0v) is 18.1. The average molecular weight is 437 g/mol. The van der Waals surface area contributed by atoms with E-state index in [-0.39, 0.29) is 30.9 Å². The van der Waals surface area contributed by atoms with Crippen LogP contribution in [0.2, 0.25) is 0 Å². The Morgan fingerprint density at radius 2 is 1.72 bits per heavy atom. The average Bonchev–Trinajstić information content (AvgIpc) is 3.37. The highest BCUT2D eigenvalue weighted by Gasteiger charge is 2.35. The number of carboxylic acids is 1. The smallest absolute Gasteiger partial charge is 0.407 e. The molecule has 7 nitrogen and oxygen atoms in total. The lowest BCUT2D eigenvalue weighted by atomic mass is 9.98. The number of aliphatic carboxylic acids is 1. The Morgan fingerprint density at radius 1 is 1.09 bits per heavy atom. The number of ether oxygens (including phenoxy) is 1.